The van der Waals surface area contributed by atoms with Crippen LogP contribution in [0.1, 0.15) is 27.7 Å². The zero-order valence-corrected chi connectivity index (χ0v) is 14.2. The summed E-state index contributed by atoms with van der Waals surface area (Å²) in [5, 5.41) is 19.3. The molecule has 0 atom stereocenters. The van der Waals surface area contributed by atoms with Crippen molar-refractivity contribution in [3.63, 3.8) is 0 Å². The van der Waals surface area contributed by atoms with E-state index in [9.17, 15) is 19.0 Å². The Hall–Kier alpha value is -2.30. The first-order chi connectivity index (χ1) is 10.9. The summed E-state index contributed by atoms with van der Waals surface area (Å²) in [5.41, 5.74) is -1.73. The number of halogens is 2. The van der Waals surface area contributed by atoms with Crippen LogP contribution in [0, 0.1) is 10.8 Å². The first kappa shape index (κ1) is 18.0. The fraction of sp³-hybridized carbons (Fsp3) is 0.368. The summed E-state index contributed by atoms with van der Waals surface area (Å²) >= 11 is 0. The van der Waals surface area contributed by atoms with Gasteiger partial charge in [-0.2, -0.15) is 8.78 Å². The van der Waals surface area contributed by atoms with Gasteiger partial charge >= 0.3 is 6.11 Å². The molecule has 0 amide bonds. The molecule has 0 aromatic heterocycles. The van der Waals surface area contributed by atoms with Gasteiger partial charge in [-0.25, -0.2) is 0 Å². The Morgan fingerprint density at radius 3 is 1.88 bits per heavy atom. The first-order valence-corrected chi connectivity index (χ1v) is 7.61. The van der Waals surface area contributed by atoms with Gasteiger partial charge in [-0.15, -0.1) is 0 Å². The number of ether oxygens (including phenoxy) is 1. The van der Waals surface area contributed by atoms with Crippen LogP contribution < -0.4 is 0 Å². The molecule has 0 saturated carbocycles. The third kappa shape index (κ3) is 4.60. The standard InChI is InChI=1S/C19H22F2O3/c1-17(2)9-13(5-6-14(22)10-17)19(20,21)24-16-8-7-15(23)11-18(3,4)12-16/h5-12,22-23H,1-4H3. The zero-order valence-electron chi connectivity index (χ0n) is 14.2. The van der Waals surface area contributed by atoms with Crippen molar-refractivity contribution in [2.45, 2.75) is 33.8 Å². The molecule has 0 aromatic rings. The fourth-order valence-electron chi connectivity index (χ4n) is 2.60. The number of hydrogen-bond acceptors (Lipinski definition) is 3. The molecule has 0 fully saturated rings. The van der Waals surface area contributed by atoms with Crippen LogP contribution >= 0.6 is 0 Å². The predicted molar refractivity (Wildman–Crippen MR) is 89.5 cm³/mol. The summed E-state index contributed by atoms with van der Waals surface area (Å²) in [4.78, 5) is 0. The average molecular weight is 336 g/mol. The zero-order chi connectivity index (χ0) is 18.2. The van der Waals surface area contributed by atoms with E-state index in [1.165, 1.54) is 36.5 Å². The van der Waals surface area contributed by atoms with E-state index in [0.717, 1.165) is 6.08 Å². The summed E-state index contributed by atoms with van der Waals surface area (Å²) < 4.78 is 34.2. The van der Waals surface area contributed by atoms with Gasteiger partial charge in [0.05, 0.1) is 5.57 Å². The number of allylic oxidation sites excluding steroid dienone is 7. The van der Waals surface area contributed by atoms with E-state index in [-0.39, 0.29) is 22.9 Å². The van der Waals surface area contributed by atoms with Crippen molar-refractivity contribution in [1.82, 2.24) is 0 Å². The van der Waals surface area contributed by atoms with Crippen molar-refractivity contribution < 1.29 is 23.7 Å². The van der Waals surface area contributed by atoms with E-state index < -0.39 is 16.9 Å². The van der Waals surface area contributed by atoms with E-state index in [1.54, 1.807) is 33.8 Å². The summed E-state index contributed by atoms with van der Waals surface area (Å²) in [7, 11) is 0. The summed E-state index contributed by atoms with van der Waals surface area (Å²) in [6, 6.07) is 0. The van der Waals surface area contributed by atoms with Crippen molar-refractivity contribution >= 4 is 0 Å². The number of alkyl halides is 2. The Morgan fingerprint density at radius 1 is 0.792 bits per heavy atom. The highest BCUT2D eigenvalue weighted by Gasteiger charge is 2.38. The van der Waals surface area contributed by atoms with Crippen LogP contribution in [0.25, 0.3) is 0 Å². The monoisotopic (exact) mass is 336 g/mol. The van der Waals surface area contributed by atoms with Gasteiger partial charge in [0.15, 0.2) is 0 Å². The second kappa shape index (κ2) is 5.96. The third-order valence-corrected chi connectivity index (χ3v) is 3.52. The second-order valence-electron chi connectivity index (χ2n) is 7.21. The maximum Gasteiger partial charge on any atom is 0.426 e. The molecule has 0 heterocycles. The van der Waals surface area contributed by atoms with Crippen molar-refractivity contribution in [1.29, 1.82) is 0 Å². The fourth-order valence-corrected chi connectivity index (χ4v) is 2.60. The summed E-state index contributed by atoms with van der Waals surface area (Å²) in [6.45, 7) is 6.96. The normalized spacial score (nSPS) is 22.6. The lowest BCUT2D eigenvalue weighted by Crippen LogP contribution is -2.24. The number of rotatable bonds is 3. The Kier molecular flexibility index (Phi) is 4.48. The van der Waals surface area contributed by atoms with Crippen LogP contribution in [0.2, 0.25) is 0 Å². The van der Waals surface area contributed by atoms with Gasteiger partial charge in [0.2, 0.25) is 0 Å². The van der Waals surface area contributed by atoms with E-state index in [4.69, 9.17) is 4.74 Å². The van der Waals surface area contributed by atoms with Crippen molar-refractivity contribution in [2.24, 2.45) is 10.8 Å². The van der Waals surface area contributed by atoms with E-state index in [0.29, 0.717) is 0 Å². The Labute approximate surface area is 140 Å². The molecule has 0 radical (unpaired) electrons. The molecule has 2 aliphatic rings. The van der Waals surface area contributed by atoms with Gasteiger partial charge in [-0.05, 0) is 42.5 Å². The Morgan fingerprint density at radius 2 is 1.29 bits per heavy atom. The summed E-state index contributed by atoms with van der Waals surface area (Å²) in [5.74, 6) is -0.133. The van der Waals surface area contributed by atoms with Gasteiger partial charge in [0.1, 0.15) is 17.3 Å². The van der Waals surface area contributed by atoms with Gasteiger partial charge < -0.3 is 14.9 Å². The maximum absolute atomic E-state index is 14.6. The van der Waals surface area contributed by atoms with Crippen molar-refractivity contribution in [3.8, 4) is 0 Å². The highest BCUT2D eigenvalue weighted by molar-refractivity contribution is 5.37. The van der Waals surface area contributed by atoms with E-state index >= 15 is 0 Å². The molecule has 5 heteroatoms. The third-order valence-electron chi connectivity index (χ3n) is 3.52. The molecule has 0 saturated heterocycles. The number of hydrogen-bond donors (Lipinski definition) is 2. The van der Waals surface area contributed by atoms with Crippen LogP contribution in [0.4, 0.5) is 8.78 Å². The minimum absolute atomic E-state index is 0.0120. The average Bonchev–Trinajstić information content (AvgIpc) is 2.59. The highest BCUT2D eigenvalue weighted by atomic mass is 19.3. The summed E-state index contributed by atoms with van der Waals surface area (Å²) in [6.07, 6.45) is 7.29. The van der Waals surface area contributed by atoms with Crippen LogP contribution in [-0.4, -0.2) is 16.3 Å². The Balaban J connectivity index is 2.32. The van der Waals surface area contributed by atoms with Crippen LogP contribution in [0.5, 0.6) is 0 Å². The molecule has 24 heavy (non-hydrogen) atoms. The largest absolute Gasteiger partial charge is 0.508 e. The quantitative estimate of drug-likeness (QED) is 0.717. The molecule has 2 N–H and O–H groups in total. The molecule has 0 bridgehead atoms. The molecular formula is C19H22F2O3. The molecule has 0 unspecified atom stereocenters. The maximum atomic E-state index is 14.6. The molecule has 130 valence electrons. The Bertz CT molecular complexity index is 702. The number of aliphatic hydroxyl groups is 2. The van der Waals surface area contributed by atoms with Gasteiger partial charge in [-0.3, -0.25) is 0 Å². The van der Waals surface area contributed by atoms with E-state index in [1.807, 2.05) is 0 Å². The van der Waals surface area contributed by atoms with Gasteiger partial charge in [-0.1, -0.05) is 33.8 Å². The molecular weight excluding hydrogens is 314 g/mol. The first-order valence-electron chi connectivity index (χ1n) is 7.61. The molecule has 3 nitrogen and oxygen atoms in total. The van der Waals surface area contributed by atoms with Crippen LogP contribution in [0.3, 0.4) is 0 Å². The molecule has 0 aromatic carbocycles. The lowest BCUT2D eigenvalue weighted by molar-refractivity contribution is -0.177. The highest BCUT2D eigenvalue weighted by Crippen LogP contribution is 2.37. The minimum Gasteiger partial charge on any atom is -0.508 e. The lowest BCUT2D eigenvalue weighted by atomic mass is 9.90. The smallest absolute Gasteiger partial charge is 0.426 e. The second-order valence-corrected chi connectivity index (χ2v) is 7.21. The predicted octanol–water partition coefficient (Wildman–Crippen LogP) is 5.48. The minimum atomic E-state index is -3.58. The molecule has 2 rings (SSSR count). The van der Waals surface area contributed by atoms with Gasteiger partial charge in [0, 0.05) is 10.8 Å². The van der Waals surface area contributed by atoms with Crippen LogP contribution in [-0.2, 0) is 4.74 Å². The molecule has 2 aliphatic carbocycles. The van der Waals surface area contributed by atoms with Crippen molar-refractivity contribution in [2.75, 3.05) is 0 Å². The van der Waals surface area contributed by atoms with Gasteiger partial charge in [0.25, 0.3) is 0 Å². The van der Waals surface area contributed by atoms with Crippen molar-refractivity contribution in [3.05, 3.63) is 71.5 Å². The molecule has 0 aliphatic heterocycles. The van der Waals surface area contributed by atoms with E-state index in [2.05, 4.69) is 0 Å². The van der Waals surface area contributed by atoms with Crippen LogP contribution in [0.15, 0.2) is 71.5 Å². The SMILES string of the molecule is CC1(C)C=C(O)C=CC(OC(F)(F)C2=CC(C)(C)C=C(O)C=C2)=C1. The lowest BCUT2D eigenvalue weighted by Gasteiger charge is -2.23. The molecule has 0 spiro atoms. The topological polar surface area (TPSA) is 49.7 Å². The number of aliphatic hydroxyl groups excluding tert-OH is 2.